The molecular formula is C16H17ClN2OS. The van der Waals surface area contributed by atoms with Crippen molar-refractivity contribution in [1.82, 2.24) is 0 Å². The summed E-state index contributed by atoms with van der Waals surface area (Å²) < 4.78 is 5.90. The Morgan fingerprint density at radius 3 is 2.71 bits per heavy atom. The zero-order chi connectivity index (χ0) is 15.4. The SMILES string of the molecule is CCSc1cccc(Oc2cc(C)ccc2Cl)c1C(=N)N. The highest BCUT2D eigenvalue weighted by atomic mass is 35.5. The molecule has 0 saturated carbocycles. The standard InChI is InChI=1S/C16H17ClN2OS/c1-3-21-14-6-4-5-12(15(14)16(18)19)20-13-9-10(2)7-8-11(13)17/h4-9H,3H2,1-2H3,(H3,18,19). The van der Waals surface area contributed by atoms with Gasteiger partial charge in [-0.3, -0.25) is 5.41 Å². The van der Waals surface area contributed by atoms with Crippen LogP contribution in [-0.2, 0) is 0 Å². The molecule has 0 aliphatic rings. The summed E-state index contributed by atoms with van der Waals surface area (Å²) in [4.78, 5) is 0.936. The number of hydrogen-bond donors (Lipinski definition) is 2. The van der Waals surface area contributed by atoms with Crippen LogP contribution in [0.4, 0.5) is 0 Å². The topological polar surface area (TPSA) is 59.1 Å². The van der Waals surface area contributed by atoms with Crippen LogP contribution in [0.3, 0.4) is 0 Å². The fraction of sp³-hybridized carbons (Fsp3) is 0.188. The molecular weight excluding hydrogens is 304 g/mol. The second-order valence-electron chi connectivity index (χ2n) is 4.51. The summed E-state index contributed by atoms with van der Waals surface area (Å²) in [6.45, 7) is 4.03. The van der Waals surface area contributed by atoms with Gasteiger partial charge in [0.15, 0.2) is 0 Å². The third-order valence-corrected chi connectivity index (χ3v) is 4.12. The summed E-state index contributed by atoms with van der Waals surface area (Å²) >= 11 is 7.79. The van der Waals surface area contributed by atoms with Crippen LogP contribution in [-0.4, -0.2) is 11.6 Å². The highest BCUT2D eigenvalue weighted by molar-refractivity contribution is 7.99. The first kappa shape index (κ1) is 15.7. The van der Waals surface area contributed by atoms with E-state index in [1.165, 1.54) is 0 Å². The van der Waals surface area contributed by atoms with Gasteiger partial charge in [-0.1, -0.05) is 30.7 Å². The predicted octanol–water partition coefficient (Wildman–Crippen LogP) is 4.84. The van der Waals surface area contributed by atoms with E-state index < -0.39 is 0 Å². The molecule has 0 aliphatic heterocycles. The molecule has 0 radical (unpaired) electrons. The fourth-order valence-corrected chi connectivity index (χ4v) is 2.94. The van der Waals surface area contributed by atoms with Crippen molar-refractivity contribution in [1.29, 1.82) is 5.41 Å². The van der Waals surface area contributed by atoms with Crippen LogP contribution in [0, 0.1) is 12.3 Å². The van der Waals surface area contributed by atoms with E-state index in [0.717, 1.165) is 16.2 Å². The summed E-state index contributed by atoms with van der Waals surface area (Å²) in [5, 5.41) is 8.34. The first-order valence-electron chi connectivity index (χ1n) is 6.57. The lowest BCUT2D eigenvalue weighted by Gasteiger charge is -2.15. The van der Waals surface area contributed by atoms with Crippen molar-refractivity contribution in [3.63, 3.8) is 0 Å². The molecule has 21 heavy (non-hydrogen) atoms. The van der Waals surface area contributed by atoms with Crippen molar-refractivity contribution >= 4 is 29.2 Å². The zero-order valence-electron chi connectivity index (χ0n) is 11.9. The number of halogens is 1. The van der Waals surface area contributed by atoms with Crippen LogP contribution in [0.15, 0.2) is 41.3 Å². The highest BCUT2D eigenvalue weighted by Gasteiger charge is 2.14. The van der Waals surface area contributed by atoms with Crippen LogP contribution >= 0.6 is 23.4 Å². The number of nitrogens with two attached hydrogens (primary N) is 1. The van der Waals surface area contributed by atoms with Gasteiger partial charge < -0.3 is 10.5 Å². The molecule has 2 aromatic carbocycles. The molecule has 0 spiro atoms. The summed E-state index contributed by atoms with van der Waals surface area (Å²) in [5.74, 6) is 2.01. The lowest BCUT2D eigenvalue weighted by atomic mass is 10.2. The van der Waals surface area contributed by atoms with Gasteiger partial charge in [-0.15, -0.1) is 11.8 Å². The summed E-state index contributed by atoms with van der Waals surface area (Å²) in [5.41, 5.74) is 7.39. The monoisotopic (exact) mass is 320 g/mol. The van der Waals surface area contributed by atoms with Gasteiger partial charge >= 0.3 is 0 Å². The van der Waals surface area contributed by atoms with Gasteiger partial charge in [0, 0.05) is 4.90 Å². The van der Waals surface area contributed by atoms with Crippen molar-refractivity contribution in [2.24, 2.45) is 5.73 Å². The average Bonchev–Trinajstić information content (AvgIpc) is 2.43. The summed E-state index contributed by atoms with van der Waals surface area (Å²) in [6, 6.07) is 11.2. The Kier molecular flexibility index (Phi) is 5.15. The van der Waals surface area contributed by atoms with Crippen LogP contribution in [0.2, 0.25) is 5.02 Å². The highest BCUT2D eigenvalue weighted by Crippen LogP contribution is 2.35. The van der Waals surface area contributed by atoms with Gasteiger partial charge in [-0.2, -0.15) is 0 Å². The Bertz CT molecular complexity index is 673. The molecule has 0 saturated heterocycles. The van der Waals surface area contributed by atoms with E-state index in [1.807, 2.05) is 31.2 Å². The third kappa shape index (κ3) is 3.71. The van der Waals surface area contributed by atoms with Gasteiger partial charge in [0.25, 0.3) is 0 Å². The van der Waals surface area contributed by atoms with Gasteiger partial charge in [-0.25, -0.2) is 0 Å². The number of amidine groups is 1. The zero-order valence-corrected chi connectivity index (χ0v) is 13.5. The molecule has 0 bridgehead atoms. The minimum absolute atomic E-state index is 0.00896. The van der Waals surface area contributed by atoms with Crippen LogP contribution in [0.25, 0.3) is 0 Å². The number of ether oxygens (including phenoxy) is 1. The quantitative estimate of drug-likeness (QED) is 0.471. The maximum Gasteiger partial charge on any atom is 0.146 e. The van der Waals surface area contributed by atoms with Crippen LogP contribution in [0.5, 0.6) is 11.5 Å². The normalized spacial score (nSPS) is 10.4. The van der Waals surface area contributed by atoms with E-state index in [4.69, 9.17) is 27.5 Å². The van der Waals surface area contributed by atoms with E-state index in [9.17, 15) is 0 Å². The average molecular weight is 321 g/mol. The third-order valence-electron chi connectivity index (χ3n) is 2.86. The molecule has 5 heteroatoms. The van der Waals surface area contributed by atoms with E-state index in [0.29, 0.717) is 22.1 Å². The molecule has 0 aromatic heterocycles. The Morgan fingerprint density at radius 2 is 2.05 bits per heavy atom. The molecule has 3 N–H and O–H groups in total. The number of nitrogen functional groups attached to an aromatic ring is 1. The van der Waals surface area contributed by atoms with E-state index in [-0.39, 0.29) is 5.84 Å². The molecule has 2 rings (SSSR count). The minimum Gasteiger partial charge on any atom is -0.455 e. The minimum atomic E-state index is -0.00896. The van der Waals surface area contributed by atoms with Crippen molar-refractivity contribution in [3.8, 4) is 11.5 Å². The largest absolute Gasteiger partial charge is 0.455 e. The van der Waals surface area contributed by atoms with E-state index >= 15 is 0 Å². The molecule has 3 nitrogen and oxygen atoms in total. The fourth-order valence-electron chi connectivity index (χ4n) is 1.94. The van der Waals surface area contributed by atoms with Crippen molar-refractivity contribution < 1.29 is 4.74 Å². The van der Waals surface area contributed by atoms with Gasteiger partial charge in [-0.05, 0) is 42.5 Å². The maximum atomic E-state index is 7.81. The number of thioether (sulfide) groups is 1. The number of rotatable bonds is 5. The summed E-state index contributed by atoms with van der Waals surface area (Å²) in [7, 11) is 0. The molecule has 0 atom stereocenters. The van der Waals surface area contributed by atoms with Crippen LogP contribution in [0.1, 0.15) is 18.1 Å². The maximum absolute atomic E-state index is 7.81. The van der Waals surface area contributed by atoms with Crippen molar-refractivity contribution in [2.45, 2.75) is 18.7 Å². The Balaban J connectivity index is 2.46. The van der Waals surface area contributed by atoms with Gasteiger partial charge in [0.2, 0.25) is 0 Å². The Hall–Kier alpha value is -1.65. The summed E-state index contributed by atoms with van der Waals surface area (Å²) in [6.07, 6.45) is 0. The van der Waals surface area contributed by atoms with E-state index in [1.54, 1.807) is 23.9 Å². The molecule has 0 unspecified atom stereocenters. The molecule has 2 aromatic rings. The van der Waals surface area contributed by atoms with Gasteiger partial charge in [0.1, 0.15) is 17.3 Å². The second-order valence-corrected chi connectivity index (χ2v) is 6.22. The number of benzene rings is 2. The molecule has 0 fully saturated rings. The van der Waals surface area contributed by atoms with Crippen LogP contribution < -0.4 is 10.5 Å². The van der Waals surface area contributed by atoms with Crippen molar-refractivity contribution in [2.75, 3.05) is 5.75 Å². The number of aryl methyl sites for hydroxylation is 1. The first-order chi connectivity index (χ1) is 10.0. The molecule has 0 aliphatic carbocycles. The lowest BCUT2D eigenvalue weighted by molar-refractivity contribution is 0.480. The smallest absolute Gasteiger partial charge is 0.146 e. The number of nitrogens with one attached hydrogen (secondary N) is 1. The number of hydrogen-bond acceptors (Lipinski definition) is 3. The van der Waals surface area contributed by atoms with Gasteiger partial charge in [0.05, 0.1) is 10.6 Å². The lowest BCUT2D eigenvalue weighted by Crippen LogP contribution is -2.13. The Morgan fingerprint density at radius 1 is 1.29 bits per heavy atom. The van der Waals surface area contributed by atoms with Crippen molar-refractivity contribution in [3.05, 3.63) is 52.5 Å². The molecule has 0 amide bonds. The predicted molar refractivity (Wildman–Crippen MR) is 90.1 cm³/mol. The molecule has 0 heterocycles. The molecule has 110 valence electrons. The second kappa shape index (κ2) is 6.87. The van der Waals surface area contributed by atoms with E-state index in [2.05, 4.69) is 6.92 Å². The first-order valence-corrected chi connectivity index (χ1v) is 7.93. The Labute approximate surface area is 134 Å².